The van der Waals surface area contributed by atoms with Gasteiger partial charge in [0, 0.05) is 39.1 Å². The lowest BCUT2D eigenvalue weighted by molar-refractivity contribution is 0.620. The lowest BCUT2D eigenvalue weighted by Crippen LogP contribution is -2.01. The maximum atomic E-state index is 6.44. The molecule has 0 bridgehead atoms. The predicted octanol–water partition coefficient (Wildman–Crippen LogP) is 11.4. The molecule has 0 aliphatic heterocycles. The van der Waals surface area contributed by atoms with E-state index >= 15 is 0 Å². The Hall–Kier alpha value is -6.92. The fraction of sp³-hybridized carbons (Fsp3) is 0. The normalized spacial score (nSPS) is 11.6. The van der Waals surface area contributed by atoms with Gasteiger partial charge in [0.1, 0.15) is 16.7 Å². The summed E-state index contributed by atoms with van der Waals surface area (Å²) in [5.74, 6) is 2.30. The van der Waals surface area contributed by atoms with Crippen LogP contribution in [0.15, 0.2) is 167 Å². The molecule has 0 saturated carbocycles. The third-order valence-electron chi connectivity index (χ3n) is 9.16. The number of aromatic nitrogens is 4. The quantitative estimate of drug-likeness (QED) is 0.186. The van der Waals surface area contributed by atoms with Gasteiger partial charge in [0.15, 0.2) is 23.1 Å². The second kappa shape index (κ2) is 11.4. The summed E-state index contributed by atoms with van der Waals surface area (Å²) < 4.78 is 12.7. The minimum absolute atomic E-state index is 0.553. The first kappa shape index (κ1) is 28.1. The number of hydrogen-bond donors (Lipinski definition) is 0. The molecule has 3 heterocycles. The van der Waals surface area contributed by atoms with Crippen LogP contribution < -0.4 is 0 Å². The molecule has 3 aromatic heterocycles. The predicted molar refractivity (Wildman–Crippen MR) is 199 cm³/mol. The minimum Gasteiger partial charge on any atom is -0.456 e. The van der Waals surface area contributed by atoms with Crippen LogP contribution in [0.4, 0.5) is 0 Å². The lowest BCUT2D eigenvalue weighted by atomic mass is 9.99. The van der Waals surface area contributed by atoms with Gasteiger partial charge in [-0.2, -0.15) is 0 Å². The molecular formula is C44H26N4O2. The van der Waals surface area contributed by atoms with Gasteiger partial charge < -0.3 is 8.83 Å². The van der Waals surface area contributed by atoms with E-state index < -0.39 is 0 Å². The van der Waals surface area contributed by atoms with Crippen LogP contribution in [-0.2, 0) is 0 Å². The second-order valence-electron chi connectivity index (χ2n) is 12.3. The summed E-state index contributed by atoms with van der Waals surface area (Å²) in [6, 6.07) is 53.1. The van der Waals surface area contributed by atoms with Crippen molar-refractivity contribution in [2.75, 3.05) is 0 Å². The number of hydrogen-bond acceptors (Lipinski definition) is 6. The van der Waals surface area contributed by atoms with Crippen molar-refractivity contribution in [2.45, 2.75) is 0 Å². The molecule has 0 unspecified atom stereocenters. The fourth-order valence-electron chi connectivity index (χ4n) is 6.76. The highest BCUT2D eigenvalue weighted by atomic mass is 16.4. The smallest absolute Gasteiger partial charge is 0.227 e. The zero-order valence-corrected chi connectivity index (χ0v) is 26.6. The van der Waals surface area contributed by atoms with E-state index in [0.29, 0.717) is 34.5 Å². The summed E-state index contributed by atoms with van der Waals surface area (Å²) in [5, 5.41) is 4.08. The van der Waals surface area contributed by atoms with Gasteiger partial charge in [-0.15, -0.1) is 0 Å². The first-order valence-corrected chi connectivity index (χ1v) is 16.5. The van der Waals surface area contributed by atoms with Gasteiger partial charge in [-0.3, -0.25) is 0 Å². The van der Waals surface area contributed by atoms with Crippen molar-refractivity contribution < 1.29 is 8.83 Å². The van der Waals surface area contributed by atoms with E-state index in [0.717, 1.165) is 66.0 Å². The second-order valence-corrected chi connectivity index (χ2v) is 12.3. The molecule has 0 radical (unpaired) electrons. The van der Waals surface area contributed by atoms with Crippen molar-refractivity contribution in [3.8, 4) is 56.7 Å². The molecule has 6 heteroatoms. The van der Waals surface area contributed by atoms with Crippen molar-refractivity contribution in [3.05, 3.63) is 158 Å². The Labute approximate surface area is 286 Å². The Bertz CT molecular complexity index is 2880. The molecule has 0 saturated heterocycles. The maximum Gasteiger partial charge on any atom is 0.227 e. The number of rotatable bonds is 5. The molecule has 0 spiro atoms. The van der Waals surface area contributed by atoms with Crippen LogP contribution in [0.5, 0.6) is 0 Å². The van der Waals surface area contributed by atoms with E-state index in [2.05, 4.69) is 54.6 Å². The Morgan fingerprint density at radius 2 is 1.02 bits per heavy atom. The number of fused-ring (bicyclic) bond motifs is 5. The van der Waals surface area contributed by atoms with Crippen LogP contribution >= 0.6 is 0 Å². The summed E-state index contributed by atoms with van der Waals surface area (Å²) in [6.07, 6.45) is 0. The monoisotopic (exact) mass is 642 g/mol. The average molecular weight is 643 g/mol. The summed E-state index contributed by atoms with van der Waals surface area (Å²) in [6.45, 7) is 0. The standard InChI is InChI=1S/C44H26N4O2/c1-3-13-28(14-4-1)32-18-9-10-19-33(32)42-46-41(31-23-22-27-12-7-8-17-30(27)24-31)47-43(48-42)34-20-11-21-37-40(34)35-25-39-36(26-38(35)49-37)45-44(50-39)29-15-5-2-6-16-29/h1-26H. The first-order chi connectivity index (χ1) is 24.7. The molecule has 10 rings (SSSR count). The van der Waals surface area contributed by atoms with Crippen LogP contribution in [0.2, 0.25) is 0 Å². The molecule has 234 valence electrons. The highest BCUT2D eigenvalue weighted by Gasteiger charge is 2.21. The Morgan fingerprint density at radius 1 is 0.360 bits per heavy atom. The van der Waals surface area contributed by atoms with E-state index in [1.165, 1.54) is 0 Å². The van der Waals surface area contributed by atoms with Gasteiger partial charge >= 0.3 is 0 Å². The Balaban J connectivity index is 1.21. The fourth-order valence-corrected chi connectivity index (χ4v) is 6.76. The molecule has 0 aliphatic carbocycles. The van der Waals surface area contributed by atoms with Gasteiger partial charge in [-0.1, -0.05) is 121 Å². The van der Waals surface area contributed by atoms with E-state index in [1.807, 2.05) is 103 Å². The van der Waals surface area contributed by atoms with E-state index in [9.17, 15) is 0 Å². The van der Waals surface area contributed by atoms with Gasteiger partial charge in [-0.05, 0) is 52.2 Å². The molecular weight excluding hydrogens is 617 g/mol. The van der Waals surface area contributed by atoms with Crippen LogP contribution in [0.1, 0.15) is 0 Å². The van der Waals surface area contributed by atoms with Gasteiger partial charge in [0.2, 0.25) is 5.89 Å². The van der Waals surface area contributed by atoms with E-state index in [-0.39, 0.29) is 0 Å². The van der Waals surface area contributed by atoms with Gasteiger partial charge in [0.25, 0.3) is 0 Å². The zero-order valence-electron chi connectivity index (χ0n) is 26.6. The van der Waals surface area contributed by atoms with Crippen LogP contribution in [0.3, 0.4) is 0 Å². The number of oxazole rings is 1. The van der Waals surface area contributed by atoms with Gasteiger partial charge in [0.05, 0.1) is 0 Å². The van der Waals surface area contributed by atoms with Crippen LogP contribution in [0, 0.1) is 0 Å². The molecule has 0 amide bonds. The number of furan rings is 1. The Kier molecular flexibility index (Phi) is 6.39. The molecule has 0 N–H and O–H groups in total. The van der Waals surface area contributed by atoms with Crippen LogP contribution in [0.25, 0.3) is 101 Å². The molecule has 50 heavy (non-hydrogen) atoms. The summed E-state index contributed by atoms with van der Waals surface area (Å²) >= 11 is 0. The lowest BCUT2D eigenvalue weighted by Gasteiger charge is -2.12. The van der Waals surface area contributed by atoms with Crippen LogP contribution in [-0.4, -0.2) is 19.9 Å². The van der Waals surface area contributed by atoms with E-state index in [1.54, 1.807) is 0 Å². The van der Waals surface area contributed by atoms with Crippen molar-refractivity contribution in [2.24, 2.45) is 0 Å². The third-order valence-corrected chi connectivity index (χ3v) is 9.16. The van der Waals surface area contributed by atoms with E-state index in [4.69, 9.17) is 28.8 Å². The molecule has 0 aliphatic rings. The minimum atomic E-state index is 0.553. The zero-order chi connectivity index (χ0) is 33.0. The highest BCUT2D eigenvalue weighted by molar-refractivity contribution is 6.14. The van der Waals surface area contributed by atoms with Crippen molar-refractivity contribution in [1.29, 1.82) is 0 Å². The molecule has 7 aromatic carbocycles. The SMILES string of the molecule is c1ccc(-c2nc3cc4oc5cccc(-c6nc(-c7ccc8ccccc8c7)nc(-c7ccccc7-c7ccccc7)n6)c5c4cc3o2)cc1. The molecule has 0 atom stereocenters. The number of benzene rings is 7. The third kappa shape index (κ3) is 4.73. The molecule has 10 aromatic rings. The van der Waals surface area contributed by atoms with Crippen molar-refractivity contribution in [1.82, 2.24) is 19.9 Å². The maximum absolute atomic E-state index is 6.44. The van der Waals surface area contributed by atoms with Gasteiger partial charge in [-0.25, -0.2) is 19.9 Å². The van der Waals surface area contributed by atoms with Crippen molar-refractivity contribution in [3.63, 3.8) is 0 Å². The summed E-state index contributed by atoms with van der Waals surface area (Å²) in [7, 11) is 0. The molecule has 0 fully saturated rings. The largest absolute Gasteiger partial charge is 0.456 e. The highest BCUT2D eigenvalue weighted by Crippen LogP contribution is 2.40. The number of nitrogens with zero attached hydrogens (tertiary/aromatic N) is 4. The average Bonchev–Trinajstić information content (AvgIpc) is 3.78. The topological polar surface area (TPSA) is 77.8 Å². The summed E-state index contributed by atoms with van der Waals surface area (Å²) in [5.41, 5.74) is 8.58. The first-order valence-electron chi connectivity index (χ1n) is 16.5. The summed E-state index contributed by atoms with van der Waals surface area (Å²) in [4.78, 5) is 20.2. The van der Waals surface area contributed by atoms with Crippen molar-refractivity contribution >= 4 is 43.8 Å². The Morgan fingerprint density at radius 3 is 1.84 bits per heavy atom. The molecule has 6 nitrogen and oxygen atoms in total.